The highest BCUT2D eigenvalue weighted by atomic mass is 16.5. The largest absolute Gasteiger partial charge is 0.493 e. The standard InChI is InChI=1S/C15H25N3O/c1-4-8-18(13-6-5-7-16-10-13)14-9-12(2)17-11-15(14)19-3/h9,11,13,16H,4-8,10H2,1-3H3. The Kier molecular flexibility index (Phi) is 5.02. The van der Waals surface area contributed by atoms with Gasteiger partial charge in [0.25, 0.3) is 0 Å². The topological polar surface area (TPSA) is 37.4 Å². The second-order valence-electron chi connectivity index (χ2n) is 5.19. The Balaban J connectivity index is 2.28. The second kappa shape index (κ2) is 6.75. The summed E-state index contributed by atoms with van der Waals surface area (Å²) >= 11 is 0. The molecule has 1 aliphatic rings. The molecule has 0 saturated carbocycles. The van der Waals surface area contributed by atoms with Gasteiger partial charge in [-0.05, 0) is 38.8 Å². The van der Waals surface area contributed by atoms with Gasteiger partial charge >= 0.3 is 0 Å². The minimum atomic E-state index is 0.560. The van der Waals surface area contributed by atoms with Crippen molar-refractivity contribution in [2.45, 2.75) is 39.2 Å². The second-order valence-corrected chi connectivity index (χ2v) is 5.19. The van der Waals surface area contributed by atoms with Gasteiger partial charge in [-0.3, -0.25) is 4.98 Å². The first kappa shape index (κ1) is 14.1. The van der Waals surface area contributed by atoms with E-state index in [4.69, 9.17) is 4.74 Å². The summed E-state index contributed by atoms with van der Waals surface area (Å²) in [6.07, 6.45) is 5.47. The van der Waals surface area contributed by atoms with Crippen LogP contribution in [0.4, 0.5) is 5.69 Å². The minimum Gasteiger partial charge on any atom is -0.493 e. The molecule has 0 radical (unpaired) electrons. The quantitative estimate of drug-likeness (QED) is 0.885. The van der Waals surface area contributed by atoms with E-state index in [9.17, 15) is 0 Å². The molecule has 1 unspecified atom stereocenters. The zero-order chi connectivity index (χ0) is 13.7. The molecule has 4 heteroatoms. The van der Waals surface area contributed by atoms with E-state index in [1.807, 2.05) is 13.1 Å². The smallest absolute Gasteiger partial charge is 0.160 e. The molecule has 4 nitrogen and oxygen atoms in total. The highest BCUT2D eigenvalue weighted by Gasteiger charge is 2.23. The third-order valence-corrected chi connectivity index (χ3v) is 3.69. The predicted molar refractivity (Wildman–Crippen MR) is 79.1 cm³/mol. The van der Waals surface area contributed by atoms with Crippen LogP contribution < -0.4 is 15.0 Å². The fourth-order valence-corrected chi connectivity index (χ4v) is 2.75. The molecule has 19 heavy (non-hydrogen) atoms. The molecule has 1 N–H and O–H groups in total. The average Bonchev–Trinajstić information content (AvgIpc) is 2.45. The number of aromatic nitrogens is 1. The summed E-state index contributed by atoms with van der Waals surface area (Å²) in [6.45, 7) is 7.52. The van der Waals surface area contributed by atoms with Crippen molar-refractivity contribution in [3.8, 4) is 5.75 Å². The summed E-state index contributed by atoms with van der Waals surface area (Å²) in [5, 5.41) is 3.50. The van der Waals surface area contributed by atoms with Gasteiger partial charge in [-0.15, -0.1) is 0 Å². The predicted octanol–water partition coefficient (Wildman–Crippen LogP) is 2.37. The molecule has 1 aliphatic heterocycles. The molecule has 0 aromatic carbocycles. The number of hydrogen-bond acceptors (Lipinski definition) is 4. The number of rotatable bonds is 5. The fraction of sp³-hybridized carbons (Fsp3) is 0.667. The van der Waals surface area contributed by atoms with E-state index in [0.717, 1.165) is 37.5 Å². The summed E-state index contributed by atoms with van der Waals surface area (Å²) in [7, 11) is 1.72. The third-order valence-electron chi connectivity index (χ3n) is 3.69. The van der Waals surface area contributed by atoms with Crippen molar-refractivity contribution in [1.29, 1.82) is 0 Å². The van der Waals surface area contributed by atoms with Crippen molar-refractivity contribution in [1.82, 2.24) is 10.3 Å². The van der Waals surface area contributed by atoms with Crippen LogP contribution in [-0.2, 0) is 0 Å². The Bertz CT molecular complexity index is 402. The van der Waals surface area contributed by atoms with Gasteiger partial charge in [-0.1, -0.05) is 6.92 Å². The van der Waals surface area contributed by atoms with Gasteiger partial charge in [0.2, 0.25) is 0 Å². The molecule has 0 aliphatic carbocycles. The zero-order valence-electron chi connectivity index (χ0n) is 12.3. The number of piperidine rings is 1. The van der Waals surface area contributed by atoms with Gasteiger partial charge < -0.3 is 15.0 Å². The molecular weight excluding hydrogens is 238 g/mol. The third kappa shape index (κ3) is 3.38. The molecule has 106 valence electrons. The molecule has 0 spiro atoms. The van der Waals surface area contributed by atoms with E-state index in [2.05, 4.69) is 28.2 Å². The lowest BCUT2D eigenvalue weighted by Crippen LogP contribution is -2.46. The lowest BCUT2D eigenvalue weighted by Gasteiger charge is -2.37. The van der Waals surface area contributed by atoms with Crippen molar-refractivity contribution in [3.63, 3.8) is 0 Å². The Morgan fingerprint density at radius 1 is 1.53 bits per heavy atom. The fourth-order valence-electron chi connectivity index (χ4n) is 2.75. The minimum absolute atomic E-state index is 0.560. The average molecular weight is 263 g/mol. The van der Waals surface area contributed by atoms with Gasteiger partial charge in [0, 0.05) is 24.8 Å². The SMILES string of the molecule is CCCN(c1cc(C)ncc1OC)C1CCCNC1. The summed E-state index contributed by atoms with van der Waals surface area (Å²) in [4.78, 5) is 6.82. The van der Waals surface area contributed by atoms with E-state index in [1.54, 1.807) is 7.11 Å². The molecule has 1 fully saturated rings. The van der Waals surface area contributed by atoms with E-state index < -0.39 is 0 Å². The maximum absolute atomic E-state index is 5.49. The molecule has 1 aromatic heterocycles. The normalized spacial score (nSPS) is 19.2. The van der Waals surface area contributed by atoms with Crippen molar-refractivity contribution in [2.24, 2.45) is 0 Å². The Morgan fingerprint density at radius 3 is 3.00 bits per heavy atom. The number of methoxy groups -OCH3 is 1. The number of anilines is 1. The van der Waals surface area contributed by atoms with Gasteiger partial charge in [-0.25, -0.2) is 0 Å². The van der Waals surface area contributed by atoms with Crippen LogP contribution >= 0.6 is 0 Å². The van der Waals surface area contributed by atoms with Crippen molar-refractivity contribution in [3.05, 3.63) is 18.0 Å². The summed E-state index contributed by atoms with van der Waals surface area (Å²) in [5.41, 5.74) is 2.23. The lowest BCUT2D eigenvalue weighted by atomic mass is 10.0. The first-order valence-electron chi connectivity index (χ1n) is 7.24. The van der Waals surface area contributed by atoms with Crippen LogP contribution in [0.3, 0.4) is 0 Å². The zero-order valence-corrected chi connectivity index (χ0v) is 12.3. The van der Waals surface area contributed by atoms with E-state index in [-0.39, 0.29) is 0 Å². The lowest BCUT2D eigenvalue weighted by molar-refractivity contribution is 0.399. The van der Waals surface area contributed by atoms with Gasteiger partial charge in [0.1, 0.15) is 0 Å². The highest BCUT2D eigenvalue weighted by Crippen LogP contribution is 2.31. The first-order valence-corrected chi connectivity index (χ1v) is 7.24. The van der Waals surface area contributed by atoms with Crippen molar-refractivity contribution < 1.29 is 4.74 Å². The molecule has 0 amide bonds. The maximum Gasteiger partial charge on any atom is 0.160 e. The molecule has 1 atom stereocenters. The molecule has 2 rings (SSSR count). The highest BCUT2D eigenvalue weighted by molar-refractivity contribution is 5.59. The van der Waals surface area contributed by atoms with Crippen LogP contribution in [0.5, 0.6) is 5.75 Å². The van der Waals surface area contributed by atoms with Gasteiger partial charge in [-0.2, -0.15) is 0 Å². The number of pyridine rings is 1. The van der Waals surface area contributed by atoms with E-state index >= 15 is 0 Å². The van der Waals surface area contributed by atoms with Gasteiger partial charge in [0.15, 0.2) is 5.75 Å². The van der Waals surface area contributed by atoms with Crippen LogP contribution in [0.15, 0.2) is 12.3 Å². The Labute approximate surface area is 116 Å². The molecule has 1 aromatic rings. The van der Waals surface area contributed by atoms with Crippen molar-refractivity contribution >= 4 is 5.69 Å². The maximum atomic E-state index is 5.49. The molecular formula is C15H25N3O. The number of ether oxygens (including phenoxy) is 1. The first-order chi connectivity index (χ1) is 9.26. The van der Waals surface area contributed by atoms with Crippen LogP contribution in [0.2, 0.25) is 0 Å². The van der Waals surface area contributed by atoms with Crippen LogP contribution in [0.1, 0.15) is 31.9 Å². The Hall–Kier alpha value is -1.29. The monoisotopic (exact) mass is 263 g/mol. The molecule has 2 heterocycles. The van der Waals surface area contributed by atoms with Crippen molar-refractivity contribution in [2.75, 3.05) is 31.6 Å². The molecule has 0 bridgehead atoms. The number of nitrogens with one attached hydrogen (secondary N) is 1. The summed E-state index contributed by atoms with van der Waals surface area (Å²) in [5.74, 6) is 0.879. The summed E-state index contributed by atoms with van der Waals surface area (Å²) < 4.78 is 5.49. The van der Waals surface area contributed by atoms with Crippen LogP contribution in [0.25, 0.3) is 0 Å². The van der Waals surface area contributed by atoms with E-state index in [1.165, 1.54) is 18.5 Å². The number of aryl methyl sites for hydroxylation is 1. The van der Waals surface area contributed by atoms with Gasteiger partial charge in [0.05, 0.1) is 19.0 Å². The summed E-state index contributed by atoms with van der Waals surface area (Å²) in [6, 6.07) is 2.70. The Morgan fingerprint density at radius 2 is 2.37 bits per heavy atom. The van der Waals surface area contributed by atoms with Crippen LogP contribution in [-0.4, -0.2) is 37.8 Å². The van der Waals surface area contributed by atoms with E-state index in [0.29, 0.717) is 6.04 Å². The molecule has 1 saturated heterocycles. The number of nitrogens with zero attached hydrogens (tertiary/aromatic N) is 2. The van der Waals surface area contributed by atoms with Crippen LogP contribution in [0, 0.1) is 6.92 Å². The number of hydrogen-bond donors (Lipinski definition) is 1.